The summed E-state index contributed by atoms with van der Waals surface area (Å²) >= 11 is 9.89. The van der Waals surface area contributed by atoms with Crippen molar-refractivity contribution in [3.05, 3.63) is 53.0 Å². The molecule has 0 unspecified atom stereocenters. The molecule has 0 saturated carbocycles. The van der Waals surface area contributed by atoms with Crippen LogP contribution in [0.5, 0.6) is 0 Å². The predicted molar refractivity (Wildman–Crippen MR) is 80.3 cm³/mol. The Morgan fingerprint density at radius 2 is 1.81 bits per heavy atom. The highest BCUT2D eigenvalue weighted by Gasteiger charge is 2.07. The first-order valence-electron chi connectivity index (χ1n) is 4.29. The summed E-state index contributed by atoms with van der Waals surface area (Å²) in [6.07, 6.45) is 1.67. The van der Waals surface area contributed by atoms with E-state index in [1.54, 1.807) is 30.5 Å². The molecule has 16 heavy (non-hydrogen) atoms. The fourth-order valence-corrected chi connectivity index (χ4v) is 2.03. The standard InChI is InChI=1S/C10H5ClI2N2O/c11-6-1-3-7(4-2-6)15-10(16)9(13)8(12)5-14-15/h1-5H. The minimum absolute atomic E-state index is 0.116. The molecule has 0 aliphatic rings. The van der Waals surface area contributed by atoms with Crippen molar-refractivity contribution in [2.75, 3.05) is 0 Å². The molecule has 2 aromatic rings. The summed E-state index contributed by atoms with van der Waals surface area (Å²) in [5.74, 6) is 0. The molecular weight excluding hydrogens is 453 g/mol. The van der Waals surface area contributed by atoms with Crippen molar-refractivity contribution in [2.24, 2.45) is 0 Å². The SMILES string of the molecule is O=c1c(I)c(I)cnn1-c1ccc(Cl)cc1. The molecule has 1 heterocycles. The number of rotatable bonds is 1. The Bertz CT molecular complexity index is 580. The predicted octanol–water partition coefficient (Wildman–Crippen LogP) is 3.10. The molecule has 3 nitrogen and oxygen atoms in total. The largest absolute Gasteiger partial charge is 0.286 e. The minimum Gasteiger partial charge on any atom is -0.266 e. The molecular formula is C10H5ClI2N2O. The van der Waals surface area contributed by atoms with E-state index in [4.69, 9.17) is 11.6 Å². The summed E-state index contributed by atoms with van der Waals surface area (Å²) in [5.41, 5.74) is 0.596. The van der Waals surface area contributed by atoms with Crippen molar-refractivity contribution >= 4 is 56.8 Å². The Kier molecular flexibility index (Phi) is 3.85. The van der Waals surface area contributed by atoms with Crippen LogP contribution in [0.4, 0.5) is 0 Å². The topological polar surface area (TPSA) is 34.9 Å². The van der Waals surface area contributed by atoms with Gasteiger partial charge in [0.2, 0.25) is 0 Å². The third kappa shape index (κ3) is 2.40. The molecule has 0 bridgehead atoms. The number of hydrogen-bond donors (Lipinski definition) is 0. The van der Waals surface area contributed by atoms with E-state index in [9.17, 15) is 4.79 Å². The second-order valence-corrected chi connectivity index (χ2v) is 5.68. The van der Waals surface area contributed by atoms with Gasteiger partial charge in [-0.3, -0.25) is 4.79 Å². The lowest BCUT2D eigenvalue weighted by Crippen LogP contribution is -2.24. The van der Waals surface area contributed by atoms with Crippen molar-refractivity contribution in [1.29, 1.82) is 0 Å². The van der Waals surface area contributed by atoms with Crippen LogP contribution in [-0.4, -0.2) is 9.78 Å². The maximum absolute atomic E-state index is 11.9. The first-order valence-corrected chi connectivity index (χ1v) is 6.82. The van der Waals surface area contributed by atoms with Crippen LogP contribution in [0.3, 0.4) is 0 Å². The summed E-state index contributed by atoms with van der Waals surface area (Å²) in [6, 6.07) is 6.99. The van der Waals surface area contributed by atoms with Gasteiger partial charge in [0.05, 0.1) is 19.0 Å². The molecule has 1 aromatic heterocycles. The van der Waals surface area contributed by atoms with Gasteiger partial charge in [0.1, 0.15) is 0 Å². The first-order chi connectivity index (χ1) is 7.59. The molecule has 0 aliphatic heterocycles. The van der Waals surface area contributed by atoms with E-state index in [2.05, 4.69) is 27.7 Å². The number of aromatic nitrogens is 2. The van der Waals surface area contributed by atoms with Gasteiger partial charge in [-0.2, -0.15) is 9.78 Å². The normalized spacial score (nSPS) is 10.4. The number of benzene rings is 1. The fourth-order valence-electron chi connectivity index (χ4n) is 1.18. The van der Waals surface area contributed by atoms with E-state index in [0.717, 1.165) is 3.57 Å². The van der Waals surface area contributed by atoms with Crippen LogP contribution in [0.1, 0.15) is 0 Å². The monoisotopic (exact) mass is 458 g/mol. The Balaban J connectivity index is 2.61. The minimum atomic E-state index is -0.116. The molecule has 0 atom stereocenters. The molecule has 0 N–H and O–H groups in total. The van der Waals surface area contributed by atoms with Gasteiger partial charge in [-0.25, -0.2) is 0 Å². The van der Waals surface area contributed by atoms with Gasteiger partial charge in [-0.15, -0.1) is 0 Å². The number of nitrogens with zero attached hydrogens (tertiary/aromatic N) is 2. The smallest absolute Gasteiger partial charge is 0.266 e. The third-order valence-electron chi connectivity index (χ3n) is 1.95. The van der Waals surface area contributed by atoms with Gasteiger partial charge in [0, 0.05) is 5.02 Å². The van der Waals surface area contributed by atoms with Crippen molar-refractivity contribution in [2.45, 2.75) is 0 Å². The van der Waals surface area contributed by atoms with E-state index < -0.39 is 0 Å². The van der Waals surface area contributed by atoms with E-state index in [1.165, 1.54) is 4.68 Å². The Labute approximate surface area is 124 Å². The van der Waals surface area contributed by atoms with E-state index in [0.29, 0.717) is 14.3 Å². The van der Waals surface area contributed by atoms with Crippen LogP contribution in [0.2, 0.25) is 5.02 Å². The molecule has 0 amide bonds. The Morgan fingerprint density at radius 3 is 2.44 bits per heavy atom. The zero-order chi connectivity index (χ0) is 11.7. The van der Waals surface area contributed by atoms with Crippen molar-refractivity contribution in [3.8, 4) is 5.69 Å². The van der Waals surface area contributed by atoms with Crippen molar-refractivity contribution < 1.29 is 0 Å². The molecule has 2 rings (SSSR count). The third-order valence-corrected chi connectivity index (χ3v) is 5.09. The van der Waals surface area contributed by atoms with Crippen LogP contribution in [0.25, 0.3) is 5.69 Å². The van der Waals surface area contributed by atoms with Crippen LogP contribution in [0.15, 0.2) is 35.3 Å². The maximum Gasteiger partial charge on any atom is 0.286 e. The highest BCUT2D eigenvalue weighted by Crippen LogP contribution is 2.13. The lowest BCUT2D eigenvalue weighted by molar-refractivity contribution is 0.795. The maximum atomic E-state index is 11.9. The summed E-state index contributed by atoms with van der Waals surface area (Å²) in [7, 11) is 0. The van der Waals surface area contributed by atoms with Gasteiger partial charge >= 0.3 is 0 Å². The zero-order valence-electron chi connectivity index (χ0n) is 7.82. The van der Waals surface area contributed by atoms with Gasteiger partial charge in [-0.1, -0.05) is 11.6 Å². The van der Waals surface area contributed by atoms with Crippen LogP contribution < -0.4 is 5.56 Å². The molecule has 0 saturated heterocycles. The van der Waals surface area contributed by atoms with E-state index >= 15 is 0 Å². The molecule has 1 aromatic carbocycles. The average Bonchev–Trinajstić information content (AvgIpc) is 2.28. The first kappa shape index (κ1) is 12.3. The second-order valence-electron chi connectivity index (χ2n) is 3.00. The molecule has 0 spiro atoms. The number of hydrogen-bond acceptors (Lipinski definition) is 2. The Morgan fingerprint density at radius 1 is 1.19 bits per heavy atom. The summed E-state index contributed by atoms with van der Waals surface area (Å²) in [5, 5.41) is 4.72. The molecule has 0 aliphatic carbocycles. The molecule has 0 fully saturated rings. The van der Waals surface area contributed by atoms with Gasteiger partial charge in [-0.05, 0) is 69.4 Å². The zero-order valence-corrected chi connectivity index (χ0v) is 12.9. The van der Waals surface area contributed by atoms with Crippen molar-refractivity contribution in [1.82, 2.24) is 9.78 Å². The average molecular weight is 458 g/mol. The summed E-state index contributed by atoms with van der Waals surface area (Å²) < 4.78 is 2.89. The van der Waals surface area contributed by atoms with Gasteiger partial charge in [0.25, 0.3) is 5.56 Å². The van der Waals surface area contributed by atoms with Crippen LogP contribution >= 0.6 is 56.8 Å². The Hall–Kier alpha value is -0.150. The molecule has 82 valence electrons. The van der Waals surface area contributed by atoms with E-state index in [1.807, 2.05) is 22.6 Å². The van der Waals surface area contributed by atoms with Crippen molar-refractivity contribution in [3.63, 3.8) is 0 Å². The van der Waals surface area contributed by atoms with E-state index in [-0.39, 0.29) is 5.56 Å². The van der Waals surface area contributed by atoms with Crippen LogP contribution in [-0.2, 0) is 0 Å². The highest BCUT2D eigenvalue weighted by molar-refractivity contribution is 14.1. The lowest BCUT2D eigenvalue weighted by Gasteiger charge is -2.05. The van der Waals surface area contributed by atoms with Gasteiger partial charge in [0.15, 0.2) is 0 Å². The van der Waals surface area contributed by atoms with Crippen LogP contribution in [0, 0.1) is 7.14 Å². The summed E-state index contributed by atoms with van der Waals surface area (Å²) in [4.78, 5) is 11.9. The molecule has 0 radical (unpaired) electrons. The highest BCUT2D eigenvalue weighted by atomic mass is 127. The molecule has 6 heteroatoms. The summed E-state index contributed by atoms with van der Waals surface area (Å²) in [6.45, 7) is 0. The number of halogens is 3. The quantitative estimate of drug-likeness (QED) is 0.616. The van der Waals surface area contributed by atoms with Gasteiger partial charge < -0.3 is 0 Å². The second kappa shape index (κ2) is 5.01. The fraction of sp³-hybridized carbons (Fsp3) is 0. The lowest BCUT2D eigenvalue weighted by atomic mass is 10.3.